The molecular formula is C21H23ClN2O3. The molecule has 3 rings (SSSR count). The van der Waals surface area contributed by atoms with Crippen LogP contribution >= 0.6 is 11.6 Å². The topological polar surface area (TPSA) is 69.6 Å². The van der Waals surface area contributed by atoms with E-state index in [0.29, 0.717) is 30.1 Å². The molecular weight excluding hydrogens is 364 g/mol. The first-order valence-corrected chi connectivity index (χ1v) is 9.52. The number of amides is 1. The lowest BCUT2D eigenvalue weighted by molar-refractivity contribution is -0.136. The molecule has 0 unspecified atom stereocenters. The Kier molecular flexibility index (Phi) is 6.35. The standard InChI is InChI=1S/C21H23ClN2O3/c22-19-7-2-1-6-18(19)21(27)24-12-10-16(11-13-24)23-17-5-3-4-15(14-17)8-9-20(25)26/h1-7,14,16,23H,8-13H2,(H,25,26). The predicted octanol–water partition coefficient (Wildman–Crippen LogP) is 4.07. The third-order valence-corrected chi connectivity index (χ3v) is 5.14. The van der Waals surface area contributed by atoms with Crippen molar-refractivity contribution in [2.45, 2.75) is 31.7 Å². The second kappa shape index (κ2) is 8.91. The Hall–Kier alpha value is -2.53. The lowest BCUT2D eigenvalue weighted by atomic mass is 10.0. The molecule has 27 heavy (non-hydrogen) atoms. The Labute approximate surface area is 163 Å². The number of halogens is 1. The van der Waals surface area contributed by atoms with E-state index >= 15 is 0 Å². The molecule has 2 N–H and O–H groups in total. The molecule has 1 amide bonds. The molecule has 6 heteroatoms. The van der Waals surface area contributed by atoms with Gasteiger partial charge < -0.3 is 15.3 Å². The van der Waals surface area contributed by atoms with Crippen molar-refractivity contribution in [2.24, 2.45) is 0 Å². The summed E-state index contributed by atoms with van der Waals surface area (Å²) in [5.74, 6) is -0.807. The first-order chi connectivity index (χ1) is 13.0. The summed E-state index contributed by atoms with van der Waals surface area (Å²) in [4.78, 5) is 25.2. The molecule has 0 bridgehead atoms. The molecule has 1 heterocycles. The number of nitrogens with zero attached hydrogens (tertiary/aromatic N) is 1. The minimum absolute atomic E-state index is 0.0188. The number of hydrogen-bond donors (Lipinski definition) is 2. The van der Waals surface area contributed by atoms with E-state index in [9.17, 15) is 9.59 Å². The number of carbonyl (C=O) groups is 2. The molecule has 1 aliphatic rings. The summed E-state index contributed by atoms with van der Waals surface area (Å²) in [5, 5.41) is 12.8. The number of benzene rings is 2. The molecule has 142 valence electrons. The smallest absolute Gasteiger partial charge is 0.303 e. The monoisotopic (exact) mass is 386 g/mol. The molecule has 0 aliphatic carbocycles. The Balaban J connectivity index is 1.54. The summed E-state index contributed by atoms with van der Waals surface area (Å²) in [6, 6.07) is 15.3. The molecule has 2 aromatic rings. The number of rotatable bonds is 6. The van der Waals surface area contributed by atoms with Gasteiger partial charge in [0.25, 0.3) is 5.91 Å². The first-order valence-electron chi connectivity index (χ1n) is 9.14. The van der Waals surface area contributed by atoms with Crippen molar-refractivity contribution < 1.29 is 14.7 Å². The van der Waals surface area contributed by atoms with Crippen LogP contribution in [0.15, 0.2) is 48.5 Å². The minimum Gasteiger partial charge on any atom is -0.481 e. The third-order valence-electron chi connectivity index (χ3n) is 4.81. The van der Waals surface area contributed by atoms with Crippen molar-refractivity contribution in [3.05, 3.63) is 64.7 Å². The first kappa shape index (κ1) is 19.2. The summed E-state index contributed by atoms with van der Waals surface area (Å²) >= 11 is 6.14. The van der Waals surface area contributed by atoms with E-state index in [1.807, 2.05) is 41.3 Å². The number of likely N-dealkylation sites (tertiary alicyclic amines) is 1. The normalized spacial score (nSPS) is 14.8. The van der Waals surface area contributed by atoms with Crippen LogP contribution in [0.2, 0.25) is 5.02 Å². The number of carboxylic acid groups (broad SMARTS) is 1. The average Bonchev–Trinajstić information content (AvgIpc) is 2.67. The summed E-state index contributed by atoms with van der Waals surface area (Å²) in [5.41, 5.74) is 2.55. The van der Waals surface area contributed by atoms with Gasteiger partial charge in [0.1, 0.15) is 0 Å². The Morgan fingerprint density at radius 2 is 1.85 bits per heavy atom. The van der Waals surface area contributed by atoms with Gasteiger partial charge >= 0.3 is 5.97 Å². The zero-order valence-corrected chi connectivity index (χ0v) is 15.8. The second-order valence-corrected chi connectivity index (χ2v) is 7.19. The van der Waals surface area contributed by atoms with E-state index in [1.54, 1.807) is 12.1 Å². The van der Waals surface area contributed by atoms with Crippen molar-refractivity contribution in [1.29, 1.82) is 0 Å². The molecule has 2 aromatic carbocycles. The molecule has 5 nitrogen and oxygen atoms in total. The zero-order valence-electron chi connectivity index (χ0n) is 15.0. The maximum absolute atomic E-state index is 12.6. The molecule has 0 aromatic heterocycles. The zero-order chi connectivity index (χ0) is 19.2. The fourth-order valence-electron chi connectivity index (χ4n) is 3.34. The van der Waals surface area contributed by atoms with Gasteiger partial charge in [-0.3, -0.25) is 9.59 Å². The number of carbonyl (C=O) groups excluding carboxylic acids is 1. The molecule has 1 saturated heterocycles. The fraction of sp³-hybridized carbons (Fsp3) is 0.333. The van der Waals surface area contributed by atoms with E-state index in [1.165, 1.54) is 0 Å². The van der Waals surface area contributed by atoms with Gasteiger partial charge in [-0.1, -0.05) is 35.9 Å². The highest BCUT2D eigenvalue weighted by atomic mass is 35.5. The van der Waals surface area contributed by atoms with E-state index < -0.39 is 5.97 Å². The summed E-state index contributed by atoms with van der Waals surface area (Å²) in [6.45, 7) is 1.36. The number of nitrogens with one attached hydrogen (secondary N) is 1. The number of aliphatic carboxylic acids is 1. The fourth-order valence-corrected chi connectivity index (χ4v) is 3.55. The third kappa shape index (κ3) is 5.23. The van der Waals surface area contributed by atoms with E-state index in [2.05, 4.69) is 5.32 Å². The highest BCUT2D eigenvalue weighted by molar-refractivity contribution is 6.33. The Morgan fingerprint density at radius 1 is 1.11 bits per heavy atom. The van der Waals surface area contributed by atoms with E-state index in [4.69, 9.17) is 16.7 Å². The van der Waals surface area contributed by atoms with Crippen molar-refractivity contribution in [2.75, 3.05) is 18.4 Å². The van der Waals surface area contributed by atoms with Gasteiger partial charge in [0.2, 0.25) is 0 Å². The number of hydrogen-bond acceptors (Lipinski definition) is 3. The van der Waals surface area contributed by atoms with Crippen molar-refractivity contribution in [3.63, 3.8) is 0 Å². The van der Waals surface area contributed by atoms with E-state index in [0.717, 1.165) is 24.1 Å². The largest absolute Gasteiger partial charge is 0.481 e. The van der Waals surface area contributed by atoms with Crippen molar-refractivity contribution in [1.82, 2.24) is 4.90 Å². The molecule has 0 saturated carbocycles. The van der Waals surface area contributed by atoms with Crippen molar-refractivity contribution in [3.8, 4) is 0 Å². The quantitative estimate of drug-likeness (QED) is 0.785. The number of anilines is 1. The number of aryl methyl sites for hydroxylation is 1. The highest BCUT2D eigenvalue weighted by Crippen LogP contribution is 2.22. The number of piperidine rings is 1. The summed E-state index contributed by atoms with van der Waals surface area (Å²) in [7, 11) is 0. The van der Waals surface area contributed by atoms with Crippen LogP contribution in [0.5, 0.6) is 0 Å². The second-order valence-electron chi connectivity index (χ2n) is 6.78. The molecule has 0 spiro atoms. The average molecular weight is 387 g/mol. The molecule has 1 aliphatic heterocycles. The SMILES string of the molecule is O=C(O)CCc1cccc(NC2CCN(C(=O)c3ccccc3Cl)CC2)c1. The van der Waals surface area contributed by atoms with E-state index in [-0.39, 0.29) is 18.4 Å². The Morgan fingerprint density at radius 3 is 2.56 bits per heavy atom. The predicted molar refractivity (Wildman–Crippen MR) is 106 cm³/mol. The van der Waals surface area contributed by atoms with Gasteiger partial charge in [-0.2, -0.15) is 0 Å². The van der Waals surface area contributed by atoms with Crippen LogP contribution < -0.4 is 5.32 Å². The highest BCUT2D eigenvalue weighted by Gasteiger charge is 2.24. The lowest BCUT2D eigenvalue weighted by Crippen LogP contribution is -2.42. The van der Waals surface area contributed by atoms with Gasteiger partial charge in [0.15, 0.2) is 0 Å². The summed E-state index contributed by atoms with van der Waals surface area (Å²) < 4.78 is 0. The van der Waals surface area contributed by atoms with Crippen LogP contribution in [-0.4, -0.2) is 41.0 Å². The van der Waals surface area contributed by atoms with Crippen LogP contribution in [0, 0.1) is 0 Å². The van der Waals surface area contributed by atoms with Crippen molar-refractivity contribution >= 4 is 29.2 Å². The Bertz CT molecular complexity index is 817. The minimum atomic E-state index is -0.788. The van der Waals surface area contributed by atoms with Crippen LogP contribution in [-0.2, 0) is 11.2 Å². The molecule has 0 atom stereocenters. The number of carboxylic acids is 1. The van der Waals surface area contributed by atoms with Gasteiger partial charge in [0, 0.05) is 31.2 Å². The molecule has 1 fully saturated rings. The summed E-state index contributed by atoms with van der Waals surface area (Å²) in [6.07, 6.45) is 2.37. The van der Waals surface area contributed by atoms with Crippen LogP contribution in [0.25, 0.3) is 0 Å². The maximum atomic E-state index is 12.6. The van der Waals surface area contributed by atoms with Crippen LogP contribution in [0.3, 0.4) is 0 Å². The lowest BCUT2D eigenvalue weighted by Gasteiger charge is -2.33. The van der Waals surface area contributed by atoms with Gasteiger partial charge in [-0.05, 0) is 49.1 Å². The van der Waals surface area contributed by atoms with Gasteiger partial charge in [0.05, 0.1) is 10.6 Å². The maximum Gasteiger partial charge on any atom is 0.303 e. The molecule has 0 radical (unpaired) electrons. The van der Waals surface area contributed by atoms with Gasteiger partial charge in [-0.15, -0.1) is 0 Å². The van der Waals surface area contributed by atoms with Crippen LogP contribution in [0.4, 0.5) is 5.69 Å². The van der Waals surface area contributed by atoms with Gasteiger partial charge in [-0.25, -0.2) is 0 Å². The van der Waals surface area contributed by atoms with Crippen LogP contribution in [0.1, 0.15) is 35.2 Å².